The number of carbonyl (C=O) groups is 1. The summed E-state index contributed by atoms with van der Waals surface area (Å²) in [5.74, 6) is -0.736. The van der Waals surface area contributed by atoms with Gasteiger partial charge in [-0.1, -0.05) is 29.8 Å². The zero-order valence-electron chi connectivity index (χ0n) is 13.8. The summed E-state index contributed by atoms with van der Waals surface area (Å²) >= 11 is 6.04. The fourth-order valence-corrected chi connectivity index (χ4v) is 3.15. The maximum atomic E-state index is 11.4. The zero-order chi connectivity index (χ0) is 18.7. The quantitative estimate of drug-likeness (QED) is 0.606. The Morgan fingerprint density at radius 1 is 1.31 bits per heavy atom. The average molecular weight is 377 g/mol. The standard InChI is InChI=1S/C18H17ClN2O5/c19-14-3-1-2-4-16(14)26-17-6-5-12(9-15(17)21(24)25)10-20-8-7-13(11-20)18(22)23/h1-6,9,13H,7-8,10-11H2,(H,22,23). The van der Waals surface area contributed by atoms with Gasteiger partial charge < -0.3 is 9.84 Å². The number of carboxylic acid groups (broad SMARTS) is 1. The molecule has 0 spiro atoms. The predicted octanol–water partition coefficient (Wildman–Crippen LogP) is 3.95. The van der Waals surface area contributed by atoms with Crippen LogP contribution in [0.4, 0.5) is 5.69 Å². The van der Waals surface area contributed by atoms with Gasteiger partial charge in [-0.15, -0.1) is 0 Å². The molecule has 2 aromatic rings. The molecule has 1 aliphatic heterocycles. The van der Waals surface area contributed by atoms with Crippen LogP contribution >= 0.6 is 11.6 Å². The second kappa shape index (κ2) is 7.72. The normalized spacial score (nSPS) is 17.2. The molecule has 0 saturated carbocycles. The van der Waals surface area contributed by atoms with E-state index in [-0.39, 0.29) is 17.4 Å². The number of para-hydroxylation sites is 1. The summed E-state index contributed by atoms with van der Waals surface area (Å²) in [6, 6.07) is 11.5. The first-order valence-corrected chi connectivity index (χ1v) is 8.46. The Kier molecular flexibility index (Phi) is 5.39. The Morgan fingerprint density at radius 3 is 2.73 bits per heavy atom. The fourth-order valence-electron chi connectivity index (χ4n) is 2.97. The molecule has 0 amide bonds. The van der Waals surface area contributed by atoms with Gasteiger partial charge in [-0.3, -0.25) is 19.8 Å². The summed E-state index contributed by atoms with van der Waals surface area (Å²) in [5.41, 5.74) is 0.575. The van der Waals surface area contributed by atoms with Crippen LogP contribution in [0, 0.1) is 16.0 Å². The molecule has 0 bridgehead atoms. The Morgan fingerprint density at radius 2 is 2.08 bits per heavy atom. The van der Waals surface area contributed by atoms with E-state index >= 15 is 0 Å². The Labute approximate surface area is 154 Å². The van der Waals surface area contributed by atoms with Gasteiger partial charge in [-0.05, 0) is 36.7 Å². The van der Waals surface area contributed by atoms with Gasteiger partial charge in [0, 0.05) is 19.2 Å². The van der Waals surface area contributed by atoms with Crippen LogP contribution in [0.3, 0.4) is 0 Å². The van der Waals surface area contributed by atoms with Crippen molar-refractivity contribution in [3.8, 4) is 11.5 Å². The molecular weight excluding hydrogens is 360 g/mol. The fraction of sp³-hybridized carbons (Fsp3) is 0.278. The van der Waals surface area contributed by atoms with Gasteiger partial charge in [-0.2, -0.15) is 0 Å². The van der Waals surface area contributed by atoms with Crippen LogP contribution in [0.2, 0.25) is 5.02 Å². The molecule has 136 valence electrons. The first kappa shape index (κ1) is 18.2. The van der Waals surface area contributed by atoms with Crippen molar-refractivity contribution in [1.29, 1.82) is 0 Å². The molecule has 1 atom stereocenters. The van der Waals surface area contributed by atoms with Crippen LogP contribution in [0.15, 0.2) is 42.5 Å². The van der Waals surface area contributed by atoms with Crippen LogP contribution in [-0.4, -0.2) is 34.0 Å². The third kappa shape index (κ3) is 4.12. The van der Waals surface area contributed by atoms with Crippen molar-refractivity contribution >= 4 is 23.3 Å². The lowest BCUT2D eigenvalue weighted by Gasteiger charge is -2.15. The first-order valence-electron chi connectivity index (χ1n) is 8.09. The molecule has 7 nitrogen and oxygen atoms in total. The maximum absolute atomic E-state index is 11.4. The molecule has 0 aromatic heterocycles. The molecule has 0 aliphatic carbocycles. The SMILES string of the molecule is O=C(O)C1CCN(Cc2ccc(Oc3ccccc3Cl)c([N+](=O)[O-])c2)C1. The summed E-state index contributed by atoms with van der Waals surface area (Å²) in [4.78, 5) is 24.0. The van der Waals surface area contributed by atoms with Crippen molar-refractivity contribution < 1.29 is 19.6 Å². The number of nitro benzene ring substituents is 1. The summed E-state index contributed by atoms with van der Waals surface area (Å²) in [5, 5.41) is 20.9. The average Bonchev–Trinajstić information content (AvgIpc) is 3.07. The number of carboxylic acids is 1. The highest BCUT2D eigenvalue weighted by atomic mass is 35.5. The number of benzene rings is 2. The van der Waals surface area contributed by atoms with Gasteiger partial charge >= 0.3 is 11.7 Å². The molecule has 8 heteroatoms. The van der Waals surface area contributed by atoms with E-state index < -0.39 is 10.9 Å². The number of nitrogens with zero attached hydrogens (tertiary/aromatic N) is 2. The minimum atomic E-state index is -0.804. The molecule has 2 aromatic carbocycles. The summed E-state index contributed by atoms with van der Waals surface area (Å²) in [6.45, 7) is 1.56. The van der Waals surface area contributed by atoms with E-state index in [0.29, 0.717) is 36.8 Å². The van der Waals surface area contributed by atoms with Crippen molar-refractivity contribution in [2.45, 2.75) is 13.0 Å². The molecule has 3 rings (SSSR count). The molecule has 1 unspecified atom stereocenters. The number of aliphatic carboxylic acids is 1. The topological polar surface area (TPSA) is 92.9 Å². The highest BCUT2D eigenvalue weighted by Gasteiger charge is 2.28. The molecular formula is C18H17ClN2O5. The van der Waals surface area contributed by atoms with E-state index in [1.54, 1.807) is 36.4 Å². The third-order valence-corrected chi connectivity index (χ3v) is 4.62. The predicted molar refractivity (Wildman–Crippen MR) is 95.6 cm³/mol. The summed E-state index contributed by atoms with van der Waals surface area (Å²) in [7, 11) is 0. The van der Waals surface area contributed by atoms with Crippen LogP contribution in [0.25, 0.3) is 0 Å². The van der Waals surface area contributed by atoms with Crippen molar-refractivity contribution in [2.24, 2.45) is 5.92 Å². The smallest absolute Gasteiger partial charge is 0.311 e. The monoisotopic (exact) mass is 376 g/mol. The highest BCUT2D eigenvalue weighted by molar-refractivity contribution is 6.32. The van der Waals surface area contributed by atoms with Crippen LogP contribution in [-0.2, 0) is 11.3 Å². The number of hydrogen-bond acceptors (Lipinski definition) is 5. The molecule has 1 fully saturated rings. The van der Waals surface area contributed by atoms with Crippen molar-refractivity contribution in [2.75, 3.05) is 13.1 Å². The third-order valence-electron chi connectivity index (χ3n) is 4.30. The summed E-state index contributed by atoms with van der Waals surface area (Å²) in [6.07, 6.45) is 0.588. The molecule has 1 heterocycles. The van der Waals surface area contributed by atoms with Gasteiger partial charge in [-0.25, -0.2) is 0 Å². The van der Waals surface area contributed by atoms with Crippen LogP contribution < -0.4 is 4.74 Å². The van der Waals surface area contributed by atoms with Gasteiger partial charge in [0.05, 0.1) is 15.9 Å². The largest absolute Gasteiger partial charge is 0.481 e. The van der Waals surface area contributed by atoms with E-state index in [9.17, 15) is 14.9 Å². The lowest BCUT2D eigenvalue weighted by Crippen LogP contribution is -2.22. The maximum Gasteiger partial charge on any atom is 0.311 e. The van der Waals surface area contributed by atoms with Gasteiger partial charge in [0.1, 0.15) is 5.75 Å². The second-order valence-corrected chi connectivity index (χ2v) is 6.56. The van der Waals surface area contributed by atoms with Gasteiger partial charge in [0.15, 0.2) is 0 Å². The number of halogens is 1. The molecule has 1 N–H and O–H groups in total. The lowest BCUT2D eigenvalue weighted by atomic mass is 10.1. The highest BCUT2D eigenvalue weighted by Crippen LogP contribution is 2.35. The number of hydrogen-bond donors (Lipinski definition) is 1. The molecule has 0 radical (unpaired) electrons. The van der Waals surface area contributed by atoms with Crippen molar-refractivity contribution in [3.05, 3.63) is 63.2 Å². The van der Waals surface area contributed by atoms with E-state index in [2.05, 4.69) is 0 Å². The number of rotatable bonds is 6. The van der Waals surface area contributed by atoms with E-state index in [0.717, 1.165) is 5.56 Å². The van der Waals surface area contributed by atoms with Gasteiger partial charge in [0.2, 0.25) is 5.75 Å². The van der Waals surface area contributed by atoms with Crippen molar-refractivity contribution in [3.63, 3.8) is 0 Å². The molecule has 26 heavy (non-hydrogen) atoms. The van der Waals surface area contributed by atoms with Crippen LogP contribution in [0.5, 0.6) is 11.5 Å². The Balaban J connectivity index is 1.78. The Bertz CT molecular complexity index is 842. The van der Waals surface area contributed by atoms with E-state index in [1.165, 1.54) is 6.07 Å². The minimum absolute atomic E-state index is 0.108. The number of likely N-dealkylation sites (tertiary alicyclic amines) is 1. The van der Waals surface area contributed by atoms with E-state index in [4.69, 9.17) is 21.4 Å². The Hall–Kier alpha value is -2.64. The molecule has 1 saturated heterocycles. The molecule has 1 aliphatic rings. The number of ether oxygens (including phenoxy) is 1. The van der Waals surface area contributed by atoms with Crippen LogP contribution in [0.1, 0.15) is 12.0 Å². The lowest BCUT2D eigenvalue weighted by molar-refractivity contribution is -0.385. The zero-order valence-corrected chi connectivity index (χ0v) is 14.6. The number of nitro groups is 1. The summed E-state index contributed by atoms with van der Waals surface area (Å²) < 4.78 is 5.61. The van der Waals surface area contributed by atoms with Gasteiger partial charge in [0.25, 0.3) is 0 Å². The van der Waals surface area contributed by atoms with Crippen molar-refractivity contribution in [1.82, 2.24) is 4.90 Å². The van der Waals surface area contributed by atoms with E-state index in [1.807, 2.05) is 4.90 Å². The minimum Gasteiger partial charge on any atom is -0.481 e. The second-order valence-electron chi connectivity index (χ2n) is 6.15. The first-order chi connectivity index (χ1) is 12.4.